The molecule has 0 unspecified atom stereocenters. The van der Waals surface area contributed by atoms with Gasteiger partial charge in [-0.2, -0.15) is 4.99 Å². The van der Waals surface area contributed by atoms with Gasteiger partial charge in [0, 0.05) is 20.3 Å². The summed E-state index contributed by atoms with van der Waals surface area (Å²) in [5.41, 5.74) is 0.0948. The van der Waals surface area contributed by atoms with Crippen molar-refractivity contribution in [1.29, 1.82) is 0 Å². The summed E-state index contributed by atoms with van der Waals surface area (Å²) in [4.78, 5) is 21.8. The summed E-state index contributed by atoms with van der Waals surface area (Å²) in [5, 5.41) is 0. The van der Waals surface area contributed by atoms with Crippen LogP contribution in [-0.4, -0.2) is 43.3 Å². The van der Waals surface area contributed by atoms with E-state index in [1.807, 2.05) is 0 Å². The molecule has 0 saturated heterocycles. The van der Waals surface area contributed by atoms with Crippen LogP contribution >= 0.6 is 0 Å². The number of aromatic nitrogens is 1. The van der Waals surface area contributed by atoms with E-state index in [0.29, 0.717) is 5.75 Å². The summed E-state index contributed by atoms with van der Waals surface area (Å²) < 4.78 is 23.7. The second-order valence-electron chi connectivity index (χ2n) is 4.76. The lowest BCUT2D eigenvalue weighted by atomic mass is 10.2. The van der Waals surface area contributed by atoms with Gasteiger partial charge < -0.3 is 14.4 Å². The maximum atomic E-state index is 13.0. The number of halogens is 1. The van der Waals surface area contributed by atoms with Gasteiger partial charge in [0.05, 0.1) is 13.4 Å². The van der Waals surface area contributed by atoms with Crippen LogP contribution in [0, 0.1) is 5.82 Å². The van der Waals surface area contributed by atoms with Gasteiger partial charge in [-0.15, -0.1) is 0 Å². The van der Waals surface area contributed by atoms with Crippen molar-refractivity contribution in [2.75, 3.05) is 21.2 Å². The van der Waals surface area contributed by atoms with Gasteiger partial charge in [-0.1, -0.05) is 0 Å². The molecule has 1 heterocycles. The Morgan fingerprint density at radius 2 is 1.96 bits per heavy atom. The molecule has 7 heteroatoms. The van der Waals surface area contributed by atoms with Crippen molar-refractivity contribution < 1.29 is 18.7 Å². The van der Waals surface area contributed by atoms with Crippen molar-refractivity contribution in [3.63, 3.8) is 0 Å². The fraction of sp³-hybridized carbons (Fsp3) is 0.188. The summed E-state index contributed by atoms with van der Waals surface area (Å²) in [5.74, 6) is -0.267. The minimum absolute atomic E-state index is 0.0388. The van der Waals surface area contributed by atoms with Crippen molar-refractivity contribution in [2.45, 2.75) is 0 Å². The average molecular weight is 317 g/mol. The Hall–Kier alpha value is -2.96. The third kappa shape index (κ3) is 4.26. The van der Waals surface area contributed by atoms with Crippen molar-refractivity contribution in [1.82, 2.24) is 9.88 Å². The number of ether oxygens (including phenoxy) is 2. The van der Waals surface area contributed by atoms with Crippen LogP contribution in [0.3, 0.4) is 0 Å². The van der Waals surface area contributed by atoms with Crippen LogP contribution in [0.2, 0.25) is 0 Å². The molecule has 0 bridgehead atoms. The molecule has 0 saturated carbocycles. The summed E-state index contributed by atoms with van der Waals surface area (Å²) in [6.07, 6.45) is 2.82. The highest BCUT2D eigenvalue weighted by Crippen LogP contribution is 2.30. The lowest BCUT2D eigenvalue weighted by Gasteiger charge is -2.11. The van der Waals surface area contributed by atoms with Crippen LogP contribution in [0.25, 0.3) is 0 Å². The molecule has 0 aliphatic rings. The van der Waals surface area contributed by atoms with E-state index in [1.165, 1.54) is 50.0 Å². The number of benzene rings is 1. The normalized spacial score (nSPS) is 10.6. The van der Waals surface area contributed by atoms with Gasteiger partial charge in [0.15, 0.2) is 0 Å². The number of hydrogen-bond acceptors (Lipinski definition) is 4. The maximum Gasteiger partial charge on any atom is 0.287 e. The first-order valence-corrected chi connectivity index (χ1v) is 6.72. The molecule has 1 aromatic carbocycles. The Balaban J connectivity index is 2.39. The van der Waals surface area contributed by atoms with Crippen LogP contribution in [0.5, 0.6) is 17.4 Å². The molecule has 23 heavy (non-hydrogen) atoms. The van der Waals surface area contributed by atoms with E-state index >= 15 is 0 Å². The van der Waals surface area contributed by atoms with E-state index in [9.17, 15) is 9.18 Å². The van der Waals surface area contributed by atoms with Gasteiger partial charge >= 0.3 is 0 Å². The Bertz CT molecular complexity index is 715. The molecule has 0 N–H and O–H groups in total. The maximum absolute atomic E-state index is 13.0. The van der Waals surface area contributed by atoms with Crippen molar-refractivity contribution >= 4 is 12.2 Å². The molecular weight excluding hydrogens is 301 g/mol. The van der Waals surface area contributed by atoms with E-state index < -0.39 is 5.91 Å². The fourth-order valence-electron chi connectivity index (χ4n) is 1.72. The molecule has 0 spiro atoms. The lowest BCUT2D eigenvalue weighted by Crippen LogP contribution is -2.11. The van der Waals surface area contributed by atoms with Gasteiger partial charge in [0.2, 0.25) is 5.88 Å². The molecule has 0 aliphatic carbocycles. The molecule has 0 fully saturated rings. The van der Waals surface area contributed by atoms with Crippen molar-refractivity contribution in [2.24, 2.45) is 4.99 Å². The number of pyridine rings is 1. The topological polar surface area (TPSA) is 64.0 Å². The smallest absolute Gasteiger partial charge is 0.287 e. The second kappa shape index (κ2) is 7.35. The average Bonchev–Trinajstić information content (AvgIpc) is 2.54. The number of amides is 1. The van der Waals surface area contributed by atoms with E-state index in [1.54, 1.807) is 19.0 Å². The van der Waals surface area contributed by atoms with E-state index in [4.69, 9.17) is 9.47 Å². The molecule has 2 rings (SSSR count). The number of rotatable bonds is 5. The highest BCUT2D eigenvalue weighted by atomic mass is 19.1. The third-order valence-corrected chi connectivity index (χ3v) is 2.75. The molecule has 1 aromatic heterocycles. The highest BCUT2D eigenvalue weighted by Gasteiger charge is 2.20. The number of carbonyl (C=O) groups excluding carboxylic acids is 1. The Labute approximate surface area is 133 Å². The van der Waals surface area contributed by atoms with E-state index in [2.05, 4.69) is 9.98 Å². The number of carbonyl (C=O) groups is 1. The van der Waals surface area contributed by atoms with Crippen LogP contribution in [-0.2, 0) is 0 Å². The van der Waals surface area contributed by atoms with Crippen LogP contribution in [0.4, 0.5) is 4.39 Å². The summed E-state index contributed by atoms with van der Waals surface area (Å²) in [6, 6.07) is 6.92. The minimum Gasteiger partial charge on any atom is -0.496 e. The van der Waals surface area contributed by atoms with Crippen LogP contribution < -0.4 is 9.47 Å². The molecule has 120 valence electrons. The van der Waals surface area contributed by atoms with Gasteiger partial charge in [0.25, 0.3) is 5.91 Å². The molecule has 2 aromatic rings. The zero-order valence-electron chi connectivity index (χ0n) is 13.0. The van der Waals surface area contributed by atoms with Gasteiger partial charge in [0.1, 0.15) is 22.9 Å². The zero-order chi connectivity index (χ0) is 16.8. The second-order valence-corrected chi connectivity index (χ2v) is 4.76. The molecule has 0 atom stereocenters. The highest BCUT2D eigenvalue weighted by molar-refractivity contribution is 6.02. The molecule has 6 nitrogen and oxygen atoms in total. The zero-order valence-corrected chi connectivity index (χ0v) is 13.0. The van der Waals surface area contributed by atoms with E-state index in [-0.39, 0.29) is 23.0 Å². The largest absolute Gasteiger partial charge is 0.496 e. The Morgan fingerprint density at radius 1 is 1.26 bits per heavy atom. The van der Waals surface area contributed by atoms with Crippen molar-refractivity contribution in [3.05, 3.63) is 47.9 Å². The van der Waals surface area contributed by atoms with Gasteiger partial charge in [-0.3, -0.25) is 4.79 Å². The monoisotopic (exact) mass is 317 g/mol. The quantitative estimate of drug-likeness (QED) is 0.627. The molecule has 0 radical (unpaired) electrons. The standard InChI is InChI=1S/C16H16FN3O3/c1-20(2)10-19-15(21)14-13(22-3)8-9-18-16(14)23-12-6-4-11(17)5-7-12/h4-10H,1-3H3. The van der Waals surface area contributed by atoms with Crippen LogP contribution in [0.1, 0.15) is 10.4 Å². The van der Waals surface area contributed by atoms with Gasteiger partial charge in [-0.25, -0.2) is 9.37 Å². The summed E-state index contributed by atoms with van der Waals surface area (Å²) >= 11 is 0. The number of methoxy groups -OCH3 is 1. The third-order valence-electron chi connectivity index (χ3n) is 2.75. The van der Waals surface area contributed by atoms with Crippen molar-refractivity contribution in [3.8, 4) is 17.4 Å². The Morgan fingerprint density at radius 3 is 2.57 bits per heavy atom. The Kier molecular flexibility index (Phi) is 5.24. The van der Waals surface area contributed by atoms with Crippen LogP contribution in [0.15, 0.2) is 41.5 Å². The predicted molar refractivity (Wildman–Crippen MR) is 83.8 cm³/mol. The predicted octanol–water partition coefficient (Wildman–Crippen LogP) is 2.75. The number of hydrogen-bond donors (Lipinski definition) is 0. The van der Waals surface area contributed by atoms with E-state index in [0.717, 1.165) is 0 Å². The first kappa shape index (κ1) is 16.4. The lowest BCUT2D eigenvalue weighted by molar-refractivity contribution is 0.0996. The fourth-order valence-corrected chi connectivity index (χ4v) is 1.72. The number of nitrogens with zero attached hydrogens (tertiary/aromatic N) is 3. The summed E-state index contributed by atoms with van der Waals surface area (Å²) in [7, 11) is 4.92. The number of aliphatic imine (C=N–C) groups is 1. The molecule has 1 amide bonds. The molecular formula is C16H16FN3O3. The molecule has 0 aliphatic heterocycles. The first-order valence-electron chi connectivity index (χ1n) is 6.72. The summed E-state index contributed by atoms with van der Waals surface area (Å²) in [6.45, 7) is 0. The van der Waals surface area contributed by atoms with Gasteiger partial charge in [-0.05, 0) is 30.3 Å². The minimum atomic E-state index is -0.555. The first-order chi connectivity index (χ1) is 11.0. The SMILES string of the molecule is COc1ccnc(Oc2ccc(F)cc2)c1C(=O)N=CN(C)C.